The van der Waals surface area contributed by atoms with E-state index in [-0.39, 0.29) is 49.2 Å². The van der Waals surface area contributed by atoms with E-state index in [0.717, 1.165) is 29.1 Å². The van der Waals surface area contributed by atoms with E-state index in [0.29, 0.717) is 35.0 Å². The fourth-order valence-corrected chi connectivity index (χ4v) is 6.93. The predicted molar refractivity (Wildman–Crippen MR) is 150 cm³/mol. The van der Waals surface area contributed by atoms with Crippen LogP contribution in [0.4, 0.5) is 13.2 Å². The number of aromatic nitrogens is 4. The third-order valence-corrected chi connectivity index (χ3v) is 9.40. The Labute approximate surface area is 240 Å². The normalized spacial score (nSPS) is 21.4. The van der Waals surface area contributed by atoms with Crippen LogP contribution in [0.1, 0.15) is 66.0 Å². The molecule has 0 radical (unpaired) electrons. The molecule has 4 heterocycles. The van der Waals surface area contributed by atoms with Gasteiger partial charge in [-0.25, -0.2) is 9.97 Å². The molecule has 13 heteroatoms. The maximum atomic E-state index is 13.6. The average molecular weight is 593 g/mol. The number of fused-ring (bicyclic) bond motifs is 1. The molecule has 1 aliphatic carbocycles. The molecule has 1 amide bonds. The van der Waals surface area contributed by atoms with Crippen LogP contribution in [0.15, 0.2) is 28.3 Å². The molecule has 0 spiro atoms. The maximum Gasteiger partial charge on any atom is 0.411 e. The van der Waals surface area contributed by atoms with Gasteiger partial charge in [-0.2, -0.15) is 13.2 Å². The first-order chi connectivity index (χ1) is 19.5. The monoisotopic (exact) mass is 592 g/mol. The number of alkyl halides is 3. The van der Waals surface area contributed by atoms with Crippen LogP contribution in [-0.2, 0) is 11.3 Å². The van der Waals surface area contributed by atoms with Crippen molar-refractivity contribution in [3.05, 3.63) is 51.5 Å². The van der Waals surface area contributed by atoms with Crippen molar-refractivity contribution in [3.8, 4) is 0 Å². The number of amides is 1. The van der Waals surface area contributed by atoms with Gasteiger partial charge in [0.1, 0.15) is 12.0 Å². The summed E-state index contributed by atoms with van der Waals surface area (Å²) in [6, 6.07) is 1.61. The molecule has 9 nitrogen and oxygen atoms in total. The van der Waals surface area contributed by atoms with E-state index < -0.39 is 11.7 Å². The van der Waals surface area contributed by atoms with Crippen molar-refractivity contribution < 1.29 is 22.7 Å². The second-order valence-electron chi connectivity index (χ2n) is 11.2. The molecular formula is C28H35F3N6O3S. The number of hydrogen-bond donors (Lipinski definition) is 3. The highest BCUT2D eigenvalue weighted by molar-refractivity contribution is 7.98. The van der Waals surface area contributed by atoms with E-state index in [1.807, 2.05) is 30.7 Å². The fourth-order valence-electron chi connectivity index (χ4n) is 6.23. The van der Waals surface area contributed by atoms with Crippen LogP contribution < -0.4 is 16.2 Å². The minimum Gasteiger partial charge on any atom is -0.377 e. The summed E-state index contributed by atoms with van der Waals surface area (Å²) < 4.78 is 47.8. The van der Waals surface area contributed by atoms with Gasteiger partial charge in [-0.05, 0) is 64.7 Å². The largest absolute Gasteiger partial charge is 0.411 e. The summed E-state index contributed by atoms with van der Waals surface area (Å²) >= 11 is 1.45. The summed E-state index contributed by atoms with van der Waals surface area (Å²) in [5, 5.41) is 6.38. The molecule has 1 saturated carbocycles. The van der Waals surface area contributed by atoms with E-state index >= 15 is 0 Å². The number of hydrogen-bond acceptors (Lipinski definition) is 7. The first-order valence-corrected chi connectivity index (χ1v) is 15.0. The van der Waals surface area contributed by atoms with Gasteiger partial charge in [0.05, 0.1) is 24.2 Å². The van der Waals surface area contributed by atoms with Crippen molar-refractivity contribution >= 4 is 28.7 Å². The van der Waals surface area contributed by atoms with E-state index in [1.165, 1.54) is 18.1 Å². The predicted octanol–water partition coefficient (Wildman–Crippen LogP) is 4.43. The van der Waals surface area contributed by atoms with Crippen LogP contribution in [-0.4, -0.2) is 62.7 Å². The summed E-state index contributed by atoms with van der Waals surface area (Å²) in [6.07, 6.45) is 3.33. The number of aromatic amines is 1. The Bertz CT molecular complexity index is 1490. The molecule has 41 heavy (non-hydrogen) atoms. The average Bonchev–Trinajstić information content (AvgIpc) is 3.20. The summed E-state index contributed by atoms with van der Waals surface area (Å²) in [7, 11) is 0. The SMILES string of the molecule is CSc1cc(C)[nH]c(=O)c1CNC(=O)c1c(C)n([C@H](C)C2CCC(NC3(C(F)(F)F)COC3)CC2)c2ncncc12. The fraction of sp³-hybridized carbons (Fsp3) is 0.571. The molecule has 0 unspecified atom stereocenters. The van der Waals surface area contributed by atoms with Gasteiger partial charge in [0.15, 0.2) is 5.54 Å². The zero-order chi connectivity index (χ0) is 29.5. The summed E-state index contributed by atoms with van der Waals surface area (Å²) in [4.78, 5) is 38.4. The quantitative estimate of drug-likeness (QED) is 0.332. The molecule has 1 saturated heterocycles. The summed E-state index contributed by atoms with van der Waals surface area (Å²) in [5.74, 6) is -0.128. The molecule has 3 aromatic heterocycles. The smallest absolute Gasteiger partial charge is 0.377 e. The Morgan fingerprint density at radius 3 is 2.59 bits per heavy atom. The molecule has 1 atom stereocenters. The molecular weight excluding hydrogens is 557 g/mol. The third kappa shape index (κ3) is 5.51. The summed E-state index contributed by atoms with van der Waals surface area (Å²) in [6.45, 7) is 5.14. The number of nitrogens with one attached hydrogen (secondary N) is 3. The van der Waals surface area contributed by atoms with Crippen molar-refractivity contribution in [1.29, 1.82) is 0 Å². The van der Waals surface area contributed by atoms with Crippen LogP contribution in [0.25, 0.3) is 11.0 Å². The highest BCUT2D eigenvalue weighted by Crippen LogP contribution is 2.41. The maximum absolute atomic E-state index is 13.6. The molecule has 222 valence electrons. The molecule has 0 bridgehead atoms. The number of rotatable bonds is 8. The van der Waals surface area contributed by atoms with Crippen molar-refractivity contribution in [3.63, 3.8) is 0 Å². The van der Waals surface area contributed by atoms with Crippen LogP contribution in [0.3, 0.4) is 0 Å². The second-order valence-corrected chi connectivity index (χ2v) is 12.0. The lowest BCUT2D eigenvalue weighted by molar-refractivity contribution is -0.270. The van der Waals surface area contributed by atoms with Crippen LogP contribution in [0, 0.1) is 19.8 Å². The van der Waals surface area contributed by atoms with Gasteiger partial charge >= 0.3 is 6.18 Å². The molecule has 3 N–H and O–H groups in total. The van der Waals surface area contributed by atoms with Gasteiger partial charge in [-0.15, -0.1) is 11.8 Å². The number of H-pyrrole nitrogens is 1. The van der Waals surface area contributed by atoms with Crippen LogP contribution >= 0.6 is 11.8 Å². The number of carbonyl (C=O) groups excluding carboxylic acids is 1. The highest BCUT2D eigenvalue weighted by atomic mass is 32.2. The Hall–Kier alpha value is -2.90. The number of nitrogens with zero attached hydrogens (tertiary/aromatic N) is 3. The van der Waals surface area contributed by atoms with Crippen molar-refractivity contribution in [2.45, 2.75) is 81.7 Å². The minimum absolute atomic E-state index is 0.0402. The zero-order valence-corrected chi connectivity index (χ0v) is 24.3. The Balaban J connectivity index is 1.33. The number of thioether (sulfide) groups is 1. The molecule has 1 aliphatic heterocycles. The van der Waals surface area contributed by atoms with E-state index in [1.54, 1.807) is 6.20 Å². The topological polar surface area (TPSA) is 114 Å². The third-order valence-electron chi connectivity index (χ3n) is 8.60. The Morgan fingerprint density at radius 2 is 1.98 bits per heavy atom. The van der Waals surface area contributed by atoms with Gasteiger partial charge in [0.2, 0.25) is 0 Å². The lowest BCUT2D eigenvalue weighted by Crippen LogP contribution is -2.71. The highest BCUT2D eigenvalue weighted by Gasteiger charge is 2.60. The van der Waals surface area contributed by atoms with Gasteiger partial charge < -0.3 is 19.6 Å². The van der Waals surface area contributed by atoms with Gasteiger partial charge in [0.25, 0.3) is 11.5 Å². The molecule has 3 aromatic rings. The molecule has 2 aliphatic rings. The molecule has 0 aromatic carbocycles. The standard InChI is InChI=1S/C28H35F3N6O3S/c1-15-9-22(41-4)20(25(38)35-15)11-33-26(39)23-17(3)37(24-21(23)10-32-14-34-24)16(2)18-5-7-19(8-6-18)36-27(12-40-13-27)28(29,30)31/h9-10,14,16,18-19,36H,5-8,11-13H2,1-4H3,(H,33,39)(H,35,38)/t16-,18?,19?/m1/s1. The van der Waals surface area contributed by atoms with Crippen LogP contribution in [0.2, 0.25) is 0 Å². The van der Waals surface area contributed by atoms with E-state index in [9.17, 15) is 22.8 Å². The van der Waals surface area contributed by atoms with Crippen molar-refractivity contribution in [2.24, 2.45) is 5.92 Å². The molecule has 5 rings (SSSR count). The Morgan fingerprint density at radius 1 is 1.27 bits per heavy atom. The van der Waals surface area contributed by atoms with Gasteiger partial charge in [-0.3, -0.25) is 14.9 Å². The van der Waals surface area contributed by atoms with Gasteiger partial charge in [-0.1, -0.05) is 0 Å². The lowest BCUT2D eigenvalue weighted by atomic mass is 9.80. The van der Waals surface area contributed by atoms with E-state index in [2.05, 4.69) is 32.5 Å². The second kappa shape index (κ2) is 11.4. The van der Waals surface area contributed by atoms with Crippen molar-refractivity contribution in [1.82, 2.24) is 30.2 Å². The number of ether oxygens (including phenoxy) is 1. The zero-order valence-electron chi connectivity index (χ0n) is 23.5. The number of aryl methyl sites for hydroxylation is 1. The first-order valence-electron chi connectivity index (χ1n) is 13.7. The molecule has 2 fully saturated rings. The lowest BCUT2D eigenvalue weighted by Gasteiger charge is -2.46. The first kappa shape index (κ1) is 29.6. The number of carbonyl (C=O) groups is 1. The number of pyridine rings is 1. The Kier molecular flexibility index (Phi) is 8.23. The minimum atomic E-state index is -4.35. The van der Waals surface area contributed by atoms with E-state index in [4.69, 9.17) is 4.74 Å². The number of halogens is 3. The van der Waals surface area contributed by atoms with Crippen molar-refractivity contribution in [2.75, 3.05) is 19.5 Å². The van der Waals surface area contributed by atoms with Crippen LogP contribution in [0.5, 0.6) is 0 Å². The van der Waals surface area contributed by atoms with Gasteiger partial charge in [0, 0.05) is 46.7 Å². The summed E-state index contributed by atoms with van der Waals surface area (Å²) in [5.41, 5.74) is 0.890.